The molecule has 6 nitrogen and oxygen atoms in total. The van der Waals surface area contributed by atoms with Crippen molar-refractivity contribution < 1.29 is 19.4 Å². The monoisotopic (exact) mass is 390 g/mol. The predicted molar refractivity (Wildman–Crippen MR) is 110 cm³/mol. The Morgan fingerprint density at radius 1 is 1.03 bits per heavy atom. The van der Waals surface area contributed by atoms with Crippen LogP contribution in [0.5, 0.6) is 5.75 Å². The Morgan fingerprint density at radius 3 is 2.38 bits per heavy atom. The van der Waals surface area contributed by atoms with E-state index in [1.807, 2.05) is 61.5 Å². The lowest BCUT2D eigenvalue weighted by atomic mass is 9.98. The summed E-state index contributed by atoms with van der Waals surface area (Å²) in [6.07, 6.45) is -0.224. The third-order valence-corrected chi connectivity index (χ3v) is 4.61. The maximum Gasteiger partial charge on any atom is 0.305 e. The first-order valence-corrected chi connectivity index (χ1v) is 9.18. The van der Waals surface area contributed by atoms with Gasteiger partial charge in [-0.05, 0) is 30.2 Å². The fourth-order valence-corrected chi connectivity index (χ4v) is 3.16. The molecule has 0 unspecified atom stereocenters. The highest BCUT2D eigenvalue weighted by Crippen LogP contribution is 2.28. The number of pyridine rings is 1. The Hall–Kier alpha value is -3.67. The van der Waals surface area contributed by atoms with E-state index in [9.17, 15) is 14.7 Å². The Morgan fingerprint density at radius 2 is 1.72 bits per heavy atom. The number of amides is 1. The van der Waals surface area contributed by atoms with Gasteiger partial charge in [-0.3, -0.25) is 9.59 Å². The quantitative estimate of drug-likeness (QED) is 0.636. The van der Waals surface area contributed by atoms with Gasteiger partial charge in [-0.2, -0.15) is 0 Å². The van der Waals surface area contributed by atoms with Gasteiger partial charge in [0.15, 0.2) is 0 Å². The van der Waals surface area contributed by atoms with Gasteiger partial charge in [0.1, 0.15) is 17.1 Å². The topological polar surface area (TPSA) is 88.5 Å². The minimum atomic E-state index is -0.994. The summed E-state index contributed by atoms with van der Waals surface area (Å²) >= 11 is 0. The van der Waals surface area contributed by atoms with Crippen LogP contribution >= 0.6 is 0 Å². The average Bonchev–Trinajstić information content (AvgIpc) is 2.73. The highest BCUT2D eigenvalue weighted by atomic mass is 16.5. The van der Waals surface area contributed by atoms with Gasteiger partial charge in [-0.25, -0.2) is 4.98 Å². The molecule has 1 aromatic heterocycles. The van der Waals surface area contributed by atoms with E-state index in [1.165, 1.54) is 0 Å². The highest BCUT2D eigenvalue weighted by molar-refractivity contribution is 5.93. The van der Waals surface area contributed by atoms with E-state index < -0.39 is 17.9 Å². The minimum Gasteiger partial charge on any atom is -0.494 e. The SMILES string of the molecule is COc1ccc(C(=O)N[C@@H](CC(=O)O)c2ccccc2C)nc1-c1ccccc1. The summed E-state index contributed by atoms with van der Waals surface area (Å²) in [6.45, 7) is 1.88. The minimum absolute atomic E-state index is 0.189. The molecule has 0 fully saturated rings. The van der Waals surface area contributed by atoms with Crippen molar-refractivity contribution in [3.05, 3.63) is 83.6 Å². The fraction of sp³-hybridized carbons (Fsp3) is 0.174. The normalized spacial score (nSPS) is 11.5. The third kappa shape index (κ3) is 4.79. The number of methoxy groups -OCH3 is 1. The number of rotatable bonds is 7. The Bertz CT molecular complexity index is 1020. The number of hydrogen-bond acceptors (Lipinski definition) is 4. The van der Waals surface area contributed by atoms with Crippen molar-refractivity contribution in [1.82, 2.24) is 10.3 Å². The van der Waals surface area contributed by atoms with Gasteiger partial charge in [0.25, 0.3) is 5.91 Å². The number of hydrogen-bond donors (Lipinski definition) is 2. The molecule has 148 valence electrons. The summed E-state index contributed by atoms with van der Waals surface area (Å²) in [5, 5.41) is 12.1. The smallest absolute Gasteiger partial charge is 0.305 e. The number of carbonyl (C=O) groups is 2. The Labute approximate surface area is 169 Å². The molecular weight excluding hydrogens is 368 g/mol. The van der Waals surface area contributed by atoms with Gasteiger partial charge >= 0.3 is 5.97 Å². The van der Waals surface area contributed by atoms with Crippen LogP contribution in [0, 0.1) is 6.92 Å². The van der Waals surface area contributed by atoms with E-state index in [0.29, 0.717) is 11.4 Å². The molecule has 0 aliphatic heterocycles. The van der Waals surface area contributed by atoms with E-state index in [-0.39, 0.29) is 12.1 Å². The second-order valence-corrected chi connectivity index (χ2v) is 6.59. The second-order valence-electron chi connectivity index (χ2n) is 6.59. The highest BCUT2D eigenvalue weighted by Gasteiger charge is 2.22. The number of aryl methyl sites for hydroxylation is 1. The van der Waals surface area contributed by atoms with Gasteiger partial charge < -0.3 is 15.2 Å². The molecule has 6 heteroatoms. The van der Waals surface area contributed by atoms with Crippen molar-refractivity contribution in [3.8, 4) is 17.0 Å². The molecule has 3 rings (SSSR count). The lowest BCUT2D eigenvalue weighted by Gasteiger charge is -2.19. The molecule has 2 N–H and O–H groups in total. The zero-order valence-corrected chi connectivity index (χ0v) is 16.3. The predicted octanol–water partition coefficient (Wildman–Crippen LogP) is 4.01. The number of ether oxygens (including phenoxy) is 1. The van der Waals surface area contributed by atoms with Gasteiger partial charge in [-0.15, -0.1) is 0 Å². The zero-order valence-electron chi connectivity index (χ0n) is 16.3. The number of nitrogens with zero attached hydrogens (tertiary/aromatic N) is 1. The molecule has 0 radical (unpaired) electrons. The molecule has 1 atom stereocenters. The maximum atomic E-state index is 12.9. The maximum absolute atomic E-state index is 12.9. The summed E-state index contributed by atoms with van der Waals surface area (Å²) in [6, 6.07) is 19.4. The standard InChI is InChI=1S/C23H22N2O4/c1-15-8-6-7-11-17(15)19(14-21(26)27)25-23(28)18-12-13-20(29-2)22(24-18)16-9-4-3-5-10-16/h3-13,19H,14H2,1-2H3,(H,25,28)(H,26,27)/t19-/m0/s1. The van der Waals surface area contributed by atoms with E-state index in [1.54, 1.807) is 19.2 Å². The molecule has 1 amide bonds. The number of carboxylic acid groups (broad SMARTS) is 1. The van der Waals surface area contributed by atoms with Crippen molar-refractivity contribution in [2.75, 3.05) is 7.11 Å². The number of benzene rings is 2. The lowest BCUT2D eigenvalue weighted by Crippen LogP contribution is -2.31. The van der Waals surface area contributed by atoms with Crippen molar-refractivity contribution in [2.24, 2.45) is 0 Å². The van der Waals surface area contributed by atoms with Crippen LogP contribution in [0.2, 0.25) is 0 Å². The lowest BCUT2D eigenvalue weighted by molar-refractivity contribution is -0.137. The van der Waals surface area contributed by atoms with Crippen molar-refractivity contribution in [2.45, 2.75) is 19.4 Å². The number of aromatic nitrogens is 1. The Balaban J connectivity index is 1.92. The van der Waals surface area contributed by atoms with E-state index >= 15 is 0 Å². The number of aliphatic carboxylic acids is 1. The second kappa shape index (κ2) is 9.01. The summed E-state index contributed by atoms with van der Waals surface area (Å²) in [7, 11) is 1.55. The van der Waals surface area contributed by atoms with Crippen LogP contribution in [0.25, 0.3) is 11.3 Å². The summed E-state index contributed by atoms with van der Waals surface area (Å²) < 4.78 is 5.38. The van der Waals surface area contributed by atoms with Crippen molar-refractivity contribution >= 4 is 11.9 Å². The van der Waals surface area contributed by atoms with Crippen LogP contribution in [-0.2, 0) is 4.79 Å². The molecule has 29 heavy (non-hydrogen) atoms. The molecule has 0 spiro atoms. The van der Waals surface area contributed by atoms with Crippen LogP contribution in [0.15, 0.2) is 66.7 Å². The van der Waals surface area contributed by atoms with Crippen LogP contribution < -0.4 is 10.1 Å². The van der Waals surface area contributed by atoms with Gasteiger partial charge in [0.2, 0.25) is 0 Å². The van der Waals surface area contributed by atoms with E-state index in [4.69, 9.17) is 4.74 Å². The van der Waals surface area contributed by atoms with Crippen molar-refractivity contribution in [3.63, 3.8) is 0 Å². The van der Waals surface area contributed by atoms with Gasteiger partial charge in [-0.1, -0.05) is 54.6 Å². The molecule has 3 aromatic rings. The fourth-order valence-electron chi connectivity index (χ4n) is 3.16. The molecule has 2 aromatic carbocycles. The Kier molecular flexibility index (Phi) is 6.24. The molecule has 0 bridgehead atoms. The zero-order chi connectivity index (χ0) is 20.8. The van der Waals surface area contributed by atoms with E-state index in [0.717, 1.165) is 16.7 Å². The third-order valence-electron chi connectivity index (χ3n) is 4.61. The van der Waals surface area contributed by atoms with Crippen LogP contribution in [0.3, 0.4) is 0 Å². The summed E-state index contributed by atoms with van der Waals surface area (Å²) in [5.41, 5.74) is 3.23. The number of carbonyl (C=O) groups excluding carboxylic acids is 1. The molecule has 0 aliphatic carbocycles. The van der Waals surface area contributed by atoms with Crippen LogP contribution in [0.4, 0.5) is 0 Å². The first kappa shape index (κ1) is 20.1. The molecule has 0 saturated heterocycles. The first-order chi connectivity index (χ1) is 14.0. The van der Waals surface area contributed by atoms with Gasteiger partial charge in [0, 0.05) is 5.56 Å². The van der Waals surface area contributed by atoms with Gasteiger partial charge in [0.05, 0.1) is 19.6 Å². The molecule has 1 heterocycles. The average molecular weight is 390 g/mol. The van der Waals surface area contributed by atoms with Crippen LogP contribution in [0.1, 0.15) is 34.1 Å². The first-order valence-electron chi connectivity index (χ1n) is 9.18. The number of nitrogens with one attached hydrogen (secondary N) is 1. The molecule has 0 aliphatic rings. The molecule has 0 saturated carbocycles. The summed E-state index contributed by atoms with van der Waals surface area (Å²) in [4.78, 5) is 28.7. The van der Waals surface area contributed by atoms with E-state index in [2.05, 4.69) is 10.3 Å². The van der Waals surface area contributed by atoms with Crippen LogP contribution in [-0.4, -0.2) is 29.1 Å². The molecular formula is C23H22N2O4. The number of carboxylic acids is 1. The largest absolute Gasteiger partial charge is 0.494 e. The summed E-state index contributed by atoms with van der Waals surface area (Å²) in [5.74, 6) is -0.890. The van der Waals surface area contributed by atoms with Crippen molar-refractivity contribution in [1.29, 1.82) is 0 Å².